The average molecular weight is 474 g/mol. The second-order valence-electron chi connectivity index (χ2n) is 6.94. The molecule has 1 amide bonds. The minimum absolute atomic E-state index is 0.0209. The molecule has 0 aliphatic carbocycles. The van der Waals surface area contributed by atoms with E-state index in [1.165, 1.54) is 10.7 Å². The number of amides is 1. The van der Waals surface area contributed by atoms with Gasteiger partial charge in [-0.25, -0.2) is 9.07 Å². The summed E-state index contributed by atoms with van der Waals surface area (Å²) in [5, 5.41) is 12.0. The van der Waals surface area contributed by atoms with Crippen LogP contribution in [0.25, 0.3) is 0 Å². The van der Waals surface area contributed by atoms with Gasteiger partial charge in [0.05, 0.1) is 16.6 Å². The van der Waals surface area contributed by atoms with Gasteiger partial charge in [0.25, 0.3) is 5.91 Å². The second kappa shape index (κ2) is 9.42. The van der Waals surface area contributed by atoms with E-state index in [4.69, 9.17) is 27.9 Å². The van der Waals surface area contributed by atoms with Gasteiger partial charge in [-0.1, -0.05) is 47.5 Å². The highest BCUT2D eigenvalue weighted by molar-refractivity contribution is 6.37. The highest BCUT2D eigenvalue weighted by atomic mass is 35.5. The van der Waals surface area contributed by atoms with Crippen LogP contribution in [0.5, 0.6) is 5.75 Å². The molecule has 7 nitrogen and oxygen atoms in total. The number of rotatable bonds is 7. The van der Waals surface area contributed by atoms with Crippen molar-refractivity contribution in [3.8, 4) is 5.75 Å². The third-order valence-corrected chi connectivity index (χ3v) is 5.23. The number of hydrogen-bond donors (Lipinski definition) is 1. The molecule has 4 rings (SSSR count). The number of anilines is 1. The smallest absolute Gasteiger partial charge is 0.277 e. The number of carbonyl (C=O) groups is 1. The molecule has 0 aliphatic rings. The van der Waals surface area contributed by atoms with Crippen LogP contribution in [0.1, 0.15) is 21.7 Å². The number of aromatic nitrogens is 4. The highest BCUT2D eigenvalue weighted by Gasteiger charge is 2.14. The van der Waals surface area contributed by atoms with Crippen molar-refractivity contribution in [2.75, 3.05) is 5.32 Å². The fourth-order valence-corrected chi connectivity index (χ4v) is 3.51. The first-order valence-electron chi connectivity index (χ1n) is 9.60. The maximum atomic E-state index is 13.9. The summed E-state index contributed by atoms with van der Waals surface area (Å²) in [6.07, 6.45) is 1.60. The van der Waals surface area contributed by atoms with Crippen molar-refractivity contribution in [3.05, 3.63) is 93.6 Å². The Morgan fingerprint density at radius 2 is 1.84 bits per heavy atom. The number of hydrogen-bond acceptors (Lipinski definition) is 4. The van der Waals surface area contributed by atoms with Crippen molar-refractivity contribution in [1.29, 1.82) is 0 Å². The van der Waals surface area contributed by atoms with Crippen LogP contribution in [0.3, 0.4) is 0 Å². The summed E-state index contributed by atoms with van der Waals surface area (Å²) in [5.74, 6) is -0.0559. The second-order valence-corrected chi connectivity index (χ2v) is 7.75. The Labute approximate surface area is 193 Å². The van der Waals surface area contributed by atoms with E-state index in [-0.39, 0.29) is 24.8 Å². The summed E-state index contributed by atoms with van der Waals surface area (Å²) in [6.45, 7) is 2.10. The van der Waals surface area contributed by atoms with Gasteiger partial charge in [-0.05, 0) is 31.2 Å². The first-order valence-corrected chi connectivity index (χ1v) is 10.4. The van der Waals surface area contributed by atoms with E-state index in [1.807, 2.05) is 6.92 Å². The molecule has 10 heteroatoms. The Morgan fingerprint density at radius 1 is 1.09 bits per heavy atom. The molecule has 32 heavy (non-hydrogen) atoms. The summed E-state index contributed by atoms with van der Waals surface area (Å²) in [5.41, 5.74) is 1.47. The summed E-state index contributed by atoms with van der Waals surface area (Å²) < 4.78 is 22.6. The van der Waals surface area contributed by atoms with Crippen LogP contribution in [0, 0.1) is 12.7 Å². The molecule has 0 radical (unpaired) electrons. The van der Waals surface area contributed by atoms with E-state index < -0.39 is 5.91 Å². The molecule has 0 saturated heterocycles. The quantitative estimate of drug-likeness (QED) is 0.401. The summed E-state index contributed by atoms with van der Waals surface area (Å²) >= 11 is 12.2. The van der Waals surface area contributed by atoms with E-state index in [0.717, 1.165) is 5.69 Å². The first-order chi connectivity index (χ1) is 15.4. The molecule has 0 saturated carbocycles. The fraction of sp³-hybridized carbons (Fsp3) is 0.136. The normalized spacial score (nSPS) is 10.9. The van der Waals surface area contributed by atoms with Gasteiger partial charge in [0.15, 0.2) is 24.0 Å². The maximum Gasteiger partial charge on any atom is 0.277 e. The van der Waals surface area contributed by atoms with Crippen molar-refractivity contribution in [1.82, 2.24) is 19.6 Å². The molecule has 2 heterocycles. The summed E-state index contributed by atoms with van der Waals surface area (Å²) in [7, 11) is 0. The van der Waals surface area contributed by atoms with Crippen LogP contribution in [-0.4, -0.2) is 25.5 Å². The molecule has 0 spiro atoms. The van der Waals surface area contributed by atoms with Gasteiger partial charge in [-0.15, -0.1) is 0 Å². The Morgan fingerprint density at radius 3 is 2.59 bits per heavy atom. The van der Waals surface area contributed by atoms with Crippen LogP contribution in [0.4, 0.5) is 10.2 Å². The van der Waals surface area contributed by atoms with Crippen molar-refractivity contribution in [2.45, 2.75) is 20.2 Å². The molecule has 0 atom stereocenters. The van der Waals surface area contributed by atoms with Crippen molar-refractivity contribution in [3.63, 3.8) is 0 Å². The third-order valence-electron chi connectivity index (χ3n) is 4.63. The van der Waals surface area contributed by atoms with Crippen molar-refractivity contribution < 1.29 is 13.9 Å². The number of carbonyl (C=O) groups excluding carboxylic acids is 1. The molecule has 0 unspecified atom stereocenters. The molecular weight excluding hydrogens is 456 g/mol. The highest BCUT2D eigenvalue weighted by Crippen LogP contribution is 2.32. The molecule has 0 aliphatic heterocycles. The van der Waals surface area contributed by atoms with E-state index in [0.29, 0.717) is 27.2 Å². The maximum absolute atomic E-state index is 13.9. The summed E-state index contributed by atoms with van der Waals surface area (Å²) in [6, 6.07) is 14.8. The van der Waals surface area contributed by atoms with Gasteiger partial charge in [-0.3, -0.25) is 9.48 Å². The number of halogens is 3. The monoisotopic (exact) mass is 473 g/mol. The zero-order valence-corrected chi connectivity index (χ0v) is 18.4. The lowest BCUT2D eigenvalue weighted by Gasteiger charge is -2.09. The topological polar surface area (TPSA) is 74.0 Å². The number of para-hydroxylation sites is 1. The first kappa shape index (κ1) is 21.9. The molecule has 4 aromatic rings. The van der Waals surface area contributed by atoms with Gasteiger partial charge < -0.3 is 10.1 Å². The van der Waals surface area contributed by atoms with Crippen LogP contribution in [0.15, 0.2) is 60.8 Å². The molecule has 0 bridgehead atoms. The van der Waals surface area contributed by atoms with Crippen molar-refractivity contribution >= 4 is 34.9 Å². The standard InChI is InChI=1S/C22H18Cl2FN5O2/c1-14-11-20(28-30(14)12-15-5-2-3-8-18(15)25)26-22(31)19-9-10-29(27-19)13-32-21-16(23)6-4-7-17(21)24/h2-11H,12-13H2,1H3,(H,26,28,31). The molecule has 1 N–H and O–H groups in total. The molecule has 0 fully saturated rings. The SMILES string of the molecule is Cc1cc(NC(=O)c2ccn(COc3c(Cl)cccc3Cl)n2)nn1Cc1ccccc1F. The number of nitrogens with zero attached hydrogens (tertiary/aromatic N) is 4. The minimum Gasteiger partial charge on any atom is -0.468 e. The van der Waals surface area contributed by atoms with E-state index in [9.17, 15) is 9.18 Å². The number of benzene rings is 2. The predicted octanol–water partition coefficient (Wildman–Crippen LogP) is 5.17. The third kappa shape index (κ3) is 4.92. The van der Waals surface area contributed by atoms with Crippen LogP contribution in [0.2, 0.25) is 10.0 Å². The molecule has 2 aromatic carbocycles. The van der Waals surface area contributed by atoms with E-state index in [1.54, 1.807) is 59.4 Å². The van der Waals surface area contributed by atoms with Crippen LogP contribution >= 0.6 is 23.2 Å². The van der Waals surface area contributed by atoms with Gasteiger partial charge in [0, 0.05) is 23.5 Å². The number of ether oxygens (including phenoxy) is 1. The lowest BCUT2D eigenvalue weighted by Crippen LogP contribution is -2.15. The lowest BCUT2D eigenvalue weighted by molar-refractivity contribution is 0.101. The Balaban J connectivity index is 1.40. The van der Waals surface area contributed by atoms with Gasteiger partial charge in [-0.2, -0.15) is 10.2 Å². The average Bonchev–Trinajstić information content (AvgIpc) is 3.36. The van der Waals surface area contributed by atoms with E-state index >= 15 is 0 Å². The Kier molecular flexibility index (Phi) is 6.43. The Bertz CT molecular complexity index is 1250. The summed E-state index contributed by atoms with van der Waals surface area (Å²) in [4.78, 5) is 12.6. The number of aryl methyl sites for hydroxylation is 1. The fourth-order valence-electron chi connectivity index (χ4n) is 3.01. The molecular formula is C22H18Cl2FN5O2. The van der Waals surface area contributed by atoms with Gasteiger partial charge in [0.2, 0.25) is 0 Å². The Hall–Kier alpha value is -3.36. The lowest BCUT2D eigenvalue weighted by atomic mass is 10.2. The van der Waals surface area contributed by atoms with Crippen LogP contribution in [-0.2, 0) is 13.3 Å². The van der Waals surface area contributed by atoms with E-state index in [2.05, 4.69) is 15.5 Å². The van der Waals surface area contributed by atoms with Crippen LogP contribution < -0.4 is 10.1 Å². The van der Waals surface area contributed by atoms with Gasteiger partial charge in [0.1, 0.15) is 5.82 Å². The van der Waals surface area contributed by atoms with Gasteiger partial charge >= 0.3 is 0 Å². The number of nitrogens with one attached hydrogen (secondary N) is 1. The minimum atomic E-state index is -0.435. The molecule has 2 aromatic heterocycles. The zero-order chi connectivity index (χ0) is 22.7. The van der Waals surface area contributed by atoms with Crippen molar-refractivity contribution in [2.24, 2.45) is 0 Å². The largest absolute Gasteiger partial charge is 0.468 e. The predicted molar refractivity (Wildman–Crippen MR) is 120 cm³/mol. The molecule has 164 valence electrons. The zero-order valence-electron chi connectivity index (χ0n) is 16.9.